The van der Waals surface area contributed by atoms with Gasteiger partial charge in [0.2, 0.25) is 0 Å². The highest BCUT2D eigenvalue weighted by atomic mass is 35.5. The van der Waals surface area contributed by atoms with Gasteiger partial charge in [-0.1, -0.05) is 38.1 Å². The van der Waals surface area contributed by atoms with Crippen LogP contribution in [-0.2, 0) is 0 Å². The monoisotopic (exact) mass is 199 g/mol. The maximum absolute atomic E-state index is 5.85. The second kappa shape index (κ2) is 5.25. The molecule has 0 saturated heterocycles. The van der Waals surface area contributed by atoms with Crippen LogP contribution in [0.25, 0.3) is 0 Å². The molecule has 0 fully saturated rings. The molecule has 1 aromatic carbocycles. The van der Waals surface area contributed by atoms with Gasteiger partial charge in [-0.3, -0.25) is 0 Å². The second-order valence-electron chi connectivity index (χ2n) is 3.57. The van der Waals surface area contributed by atoms with Crippen LogP contribution in [0.1, 0.15) is 43.9 Å². The molecule has 0 radical (unpaired) electrons. The Morgan fingerprint density at radius 3 is 1.77 bits per heavy atom. The molecule has 0 spiro atoms. The largest absolute Gasteiger partial charge is 0.324 e. The van der Waals surface area contributed by atoms with Crippen molar-refractivity contribution in [2.75, 3.05) is 0 Å². The molecule has 0 heterocycles. The zero-order chi connectivity index (χ0) is 9.14. The number of hydrogen-bond donors (Lipinski definition) is 1. The molecule has 0 bridgehead atoms. The summed E-state index contributed by atoms with van der Waals surface area (Å²) in [6, 6.07) is 8.53. The molecule has 0 aliphatic heterocycles. The Kier molecular flexibility index (Phi) is 5.04. The van der Waals surface area contributed by atoms with Gasteiger partial charge >= 0.3 is 0 Å². The fourth-order valence-corrected chi connectivity index (χ4v) is 1.45. The van der Waals surface area contributed by atoms with E-state index in [1.807, 2.05) is 13.0 Å². The van der Waals surface area contributed by atoms with Gasteiger partial charge in [0.05, 0.1) is 0 Å². The molecule has 13 heavy (non-hydrogen) atoms. The molecule has 1 rings (SSSR count). The smallest absolute Gasteiger partial charge is 0.0268 e. The van der Waals surface area contributed by atoms with Crippen molar-refractivity contribution < 1.29 is 0 Å². The van der Waals surface area contributed by atoms with E-state index in [4.69, 9.17) is 5.73 Å². The van der Waals surface area contributed by atoms with E-state index in [0.29, 0.717) is 5.92 Å². The summed E-state index contributed by atoms with van der Waals surface area (Å²) >= 11 is 0. The van der Waals surface area contributed by atoms with Crippen molar-refractivity contribution >= 4 is 12.4 Å². The maximum atomic E-state index is 5.85. The van der Waals surface area contributed by atoms with E-state index >= 15 is 0 Å². The standard InChI is InChI=1S/C11H17N.ClH/c1-8(2)10-6-4-5-7-11(10)9(3)12;/h4-9H,12H2,1-3H3;1H/t9-;/m0./s1. The van der Waals surface area contributed by atoms with Crippen LogP contribution in [0.15, 0.2) is 24.3 Å². The van der Waals surface area contributed by atoms with Crippen LogP contribution in [0.2, 0.25) is 0 Å². The molecule has 1 aromatic rings. The first-order valence-corrected chi connectivity index (χ1v) is 4.47. The zero-order valence-electron chi connectivity index (χ0n) is 8.45. The van der Waals surface area contributed by atoms with Gasteiger partial charge < -0.3 is 5.73 Å². The maximum Gasteiger partial charge on any atom is 0.0268 e. The van der Waals surface area contributed by atoms with Gasteiger partial charge in [0, 0.05) is 6.04 Å². The van der Waals surface area contributed by atoms with Crippen LogP contribution >= 0.6 is 12.4 Å². The van der Waals surface area contributed by atoms with Gasteiger partial charge in [0.15, 0.2) is 0 Å². The van der Waals surface area contributed by atoms with E-state index in [-0.39, 0.29) is 18.4 Å². The normalized spacial score (nSPS) is 12.4. The van der Waals surface area contributed by atoms with E-state index < -0.39 is 0 Å². The van der Waals surface area contributed by atoms with E-state index in [2.05, 4.69) is 32.0 Å². The highest BCUT2D eigenvalue weighted by Crippen LogP contribution is 2.22. The van der Waals surface area contributed by atoms with Gasteiger partial charge in [-0.05, 0) is 24.0 Å². The molecule has 0 aromatic heterocycles. The summed E-state index contributed by atoms with van der Waals surface area (Å²) in [5, 5.41) is 0. The lowest BCUT2D eigenvalue weighted by Crippen LogP contribution is -2.08. The minimum absolute atomic E-state index is 0. The lowest BCUT2D eigenvalue weighted by molar-refractivity contribution is 0.765. The minimum Gasteiger partial charge on any atom is -0.324 e. The molecule has 0 aliphatic rings. The fraction of sp³-hybridized carbons (Fsp3) is 0.455. The van der Waals surface area contributed by atoms with Crippen molar-refractivity contribution in [2.24, 2.45) is 5.73 Å². The number of nitrogens with two attached hydrogens (primary N) is 1. The number of hydrogen-bond acceptors (Lipinski definition) is 1. The summed E-state index contributed by atoms with van der Waals surface area (Å²) in [4.78, 5) is 0. The second-order valence-corrected chi connectivity index (χ2v) is 3.57. The number of halogens is 1. The average Bonchev–Trinajstić information content (AvgIpc) is 2.04. The highest BCUT2D eigenvalue weighted by Gasteiger charge is 2.07. The molecule has 0 amide bonds. The molecule has 1 nitrogen and oxygen atoms in total. The zero-order valence-corrected chi connectivity index (χ0v) is 9.27. The molecule has 2 heteroatoms. The van der Waals surface area contributed by atoms with Crippen LogP contribution in [0.4, 0.5) is 0 Å². The molecular weight excluding hydrogens is 182 g/mol. The van der Waals surface area contributed by atoms with Crippen molar-refractivity contribution in [1.82, 2.24) is 0 Å². The Bertz CT molecular complexity index is 229. The van der Waals surface area contributed by atoms with E-state index in [0.717, 1.165) is 0 Å². The van der Waals surface area contributed by atoms with E-state index in [1.165, 1.54) is 11.1 Å². The van der Waals surface area contributed by atoms with Gasteiger partial charge in [-0.25, -0.2) is 0 Å². The summed E-state index contributed by atoms with van der Waals surface area (Å²) in [5.74, 6) is 0.562. The first kappa shape index (κ1) is 12.5. The van der Waals surface area contributed by atoms with Crippen LogP contribution in [0.5, 0.6) is 0 Å². The summed E-state index contributed by atoms with van der Waals surface area (Å²) in [6.45, 7) is 6.42. The van der Waals surface area contributed by atoms with Crippen LogP contribution in [0, 0.1) is 0 Å². The average molecular weight is 200 g/mol. The number of benzene rings is 1. The Balaban J connectivity index is 0.00000144. The summed E-state index contributed by atoms with van der Waals surface area (Å²) in [7, 11) is 0. The van der Waals surface area contributed by atoms with E-state index in [9.17, 15) is 0 Å². The Morgan fingerprint density at radius 1 is 1.00 bits per heavy atom. The number of rotatable bonds is 2. The highest BCUT2D eigenvalue weighted by molar-refractivity contribution is 5.85. The minimum atomic E-state index is 0. The molecule has 0 saturated carbocycles. The molecule has 0 unspecified atom stereocenters. The third-order valence-electron chi connectivity index (χ3n) is 2.11. The predicted molar refractivity (Wildman–Crippen MR) is 60.4 cm³/mol. The predicted octanol–water partition coefficient (Wildman–Crippen LogP) is 3.25. The quantitative estimate of drug-likeness (QED) is 0.778. The van der Waals surface area contributed by atoms with Gasteiger partial charge in [-0.15, -0.1) is 12.4 Å². The molecular formula is C11H18ClN. The van der Waals surface area contributed by atoms with E-state index in [1.54, 1.807) is 0 Å². The topological polar surface area (TPSA) is 26.0 Å². The van der Waals surface area contributed by atoms with Crippen molar-refractivity contribution in [3.8, 4) is 0 Å². The van der Waals surface area contributed by atoms with Crippen LogP contribution < -0.4 is 5.73 Å². The summed E-state index contributed by atoms with van der Waals surface area (Å²) < 4.78 is 0. The molecule has 1 atom stereocenters. The summed E-state index contributed by atoms with van der Waals surface area (Å²) in [5.41, 5.74) is 8.49. The van der Waals surface area contributed by atoms with Gasteiger partial charge in [0.1, 0.15) is 0 Å². The third kappa shape index (κ3) is 3.02. The molecule has 2 N–H and O–H groups in total. The Hall–Kier alpha value is -0.530. The lowest BCUT2D eigenvalue weighted by atomic mass is 9.94. The van der Waals surface area contributed by atoms with Crippen molar-refractivity contribution in [2.45, 2.75) is 32.7 Å². The Morgan fingerprint density at radius 2 is 1.46 bits per heavy atom. The van der Waals surface area contributed by atoms with Crippen molar-refractivity contribution in [1.29, 1.82) is 0 Å². The van der Waals surface area contributed by atoms with Crippen molar-refractivity contribution in [3.05, 3.63) is 35.4 Å². The summed E-state index contributed by atoms with van der Waals surface area (Å²) in [6.07, 6.45) is 0. The first-order valence-electron chi connectivity index (χ1n) is 4.47. The lowest BCUT2D eigenvalue weighted by Gasteiger charge is -2.14. The van der Waals surface area contributed by atoms with Crippen LogP contribution in [-0.4, -0.2) is 0 Å². The third-order valence-corrected chi connectivity index (χ3v) is 2.11. The van der Waals surface area contributed by atoms with Crippen molar-refractivity contribution in [3.63, 3.8) is 0 Å². The fourth-order valence-electron chi connectivity index (χ4n) is 1.45. The van der Waals surface area contributed by atoms with Gasteiger partial charge in [0.25, 0.3) is 0 Å². The Labute approximate surface area is 86.7 Å². The first-order chi connectivity index (χ1) is 5.63. The molecule has 74 valence electrons. The SMILES string of the molecule is CC(C)c1ccccc1[C@H](C)N.Cl. The van der Waals surface area contributed by atoms with Gasteiger partial charge in [-0.2, -0.15) is 0 Å². The molecule has 0 aliphatic carbocycles. The van der Waals surface area contributed by atoms with Crippen LogP contribution in [0.3, 0.4) is 0 Å².